The van der Waals surface area contributed by atoms with Gasteiger partial charge in [-0.3, -0.25) is 4.79 Å². The molecule has 0 saturated carbocycles. The summed E-state index contributed by atoms with van der Waals surface area (Å²) in [5.41, 5.74) is 5.48. The second-order valence-electron chi connectivity index (χ2n) is 8.53. The Morgan fingerprint density at radius 1 is 1.12 bits per heavy atom. The van der Waals surface area contributed by atoms with Gasteiger partial charge in [0.05, 0.1) is 19.3 Å². The van der Waals surface area contributed by atoms with Crippen LogP contribution in [0.25, 0.3) is 0 Å². The Bertz CT molecular complexity index is 1180. The van der Waals surface area contributed by atoms with Crippen LogP contribution in [0.1, 0.15) is 48.3 Å². The molecular weight excluding hydrogens is 409 g/mol. The highest BCUT2D eigenvalue weighted by Crippen LogP contribution is 2.46. The lowest BCUT2D eigenvalue weighted by molar-refractivity contribution is -0.136. The molecule has 2 aromatic rings. The summed E-state index contributed by atoms with van der Waals surface area (Å²) in [4.78, 5) is 26.3. The van der Waals surface area contributed by atoms with E-state index in [1.807, 2.05) is 25.1 Å². The van der Waals surface area contributed by atoms with Crippen molar-refractivity contribution >= 4 is 11.8 Å². The van der Waals surface area contributed by atoms with Crippen molar-refractivity contribution in [3.63, 3.8) is 0 Å². The van der Waals surface area contributed by atoms with Crippen molar-refractivity contribution in [1.82, 2.24) is 5.32 Å². The van der Waals surface area contributed by atoms with Gasteiger partial charge in [0.2, 0.25) is 0 Å². The number of benzene rings is 2. The molecular formula is C26H24FNO4. The Labute approximate surface area is 185 Å². The van der Waals surface area contributed by atoms with Crippen molar-refractivity contribution in [2.75, 3.05) is 13.7 Å². The molecule has 164 valence electrons. The number of hydrogen-bond donors (Lipinski definition) is 1. The molecule has 5 nitrogen and oxygen atoms in total. The normalized spacial score (nSPS) is 22.2. The van der Waals surface area contributed by atoms with Crippen molar-refractivity contribution in [3.05, 3.63) is 87.5 Å². The fraction of sp³-hybridized carbons (Fsp3) is 0.308. The Morgan fingerprint density at radius 3 is 2.62 bits per heavy atom. The van der Waals surface area contributed by atoms with Crippen LogP contribution in [0.4, 0.5) is 4.39 Å². The standard InChI is InChI=1S/C26H24FNO4/c1-14-23(26(30)31-2)24(17-5-8-22-16(11-17)9-10-32-22)25-20(28-14)12-18(13-21(25)29)15-3-6-19(27)7-4-15/h3-8,11,18,24,28H,9-10,12-13H2,1-2H3. The molecule has 2 aromatic carbocycles. The molecule has 0 amide bonds. The van der Waals surface area contributed by atoms with Crippen LogP contribution in [0.5, 0.6) is 5.75 Å². The minimum Gasteiger partial charge on any atom is -0.493 e. The van der Waals surface area contributed by atoms with Gasteiger partial charge in [-0.25, -0.2) is 9.18 Å². The van der Waals surface area contributed by atoms with E-state index < -0.39 is 11.9 Å². The number of fused-ring (bicyclic) bond motifs is 1. The van der Waals surface area contributed by atoms with Crippen LogP contribution in [0.15, 0.2) is 65.0 Å². The Hall–Kier alpha value is -3.41. The van der Waals surface area contributed by atoms with Crippen molar-refractivity contribution in [1.29, 1.82) is 0 Å². The van der Waals surface area contributed by atoms with Crippen LogP contribution in [0, 0.1) is 5.82 Å². The van der Waals surface area contributed by atoms with Gasteiger partial charge in [-0.15, -0.1) is 0 Å². The largest absolute Gasteiger partial charge is 0.493 e. The number of nitrogens with one attached hydrogen (secondary N) is 1. The van der Waals surface area contributed by atoms with Gasteiger partial charge in [0.15, 0.2) is 5.78 Å². The summed E-state index contributed by atoms with van der Waals surface area (Å²) in [5, 5.41) is 3.32. The van der Waals surface area contributed by atoms with Gasteiger partial charge >= 0.3 is 5.97 Å². The van der Waals surface area contributed by atoms with E-state index >= 15 is 0 Å². The summed E-state index contributed by atoms with van der Waals surface area (Å²) in [6.07, 6.45) is 1.73. The smallest absolute Gasteiger partial charge is 0.336 e. The average Bonchev–Trinajstić information content (AvgIpc) is 3.26. The van der Waals surface area contributed by atoms with Crippen LogP contribution in [-0.2, 0) is 20.7 Å². The Balaban J connectivity index is 1.59. The molecule has 3 aliphatic rings. The van der Waals surface area contributed by atoms with Crippen molar-refractivity contribution < 1.29 is 23.5 Å². The first-order valence-electron chi connectivity index (χ1n) is 10.8. The molecule has 2 aliphatic heterocycles. The molecule has 1 N–H and O–H groups in total. The second-order valence-corrected chi connectivity index (χ2v) is 8.53. The third-order valence-corrected chi connectivity index (χ3v) is 6.62. The van der Waals surface area contributed by atoms with Crippen molar-refractivity contribution in [3.8, 4) is 5.75 Å². The minimum absolute atomic E-state index is 0.0104. The monoisotopic (exact) mass is 433 g/mol. The van der Waals surface area contributed by atoms with E-state index in [4.69, 9.17) is 9.47 Å². The lowest BCUT2D eigenvalue weighted by Gasteiger charge is -2.36. The molecule has 0 aromatic heterocycles. The predicted octanol–water partition coefficient (Wildman–Crippen LogP) is 4.30. The van der Waals surface area contributed by atoms with Gasteiger partial charge in [-0.1, -0.05) is 24.3 Å². The van der Waals surface area contributed by atoms with Gasteiger partial charge < -0.3 is 14.8 Å². The number of Topliss-reactive ketones (excluding diaryl/α,β-unsaturated/α-hetero) is 1. The zero-order chi connectivity index (χ0) is 22.4. The molecule has 0 spiro atoms. The fourth-order valence-electron chi connectivity index (χ4n) is 5.11. The molecule has 0 fully saturated rings. The molecule has 0 radical (unpaired) electrons. The number of ketones is 1. The summed E-state index contributed by atoms with van der Waals surface area (Å²) < 4.78 is 24.1. The number of ether oxygens (including phenoxy) is 2. The van der Waals surface area contributed by atoms with E-state index in [1.54, 1.807) is 12.1 Å². The second kappa shape index (κ2) is 7.93. The maximum Gasteiger partial charge on any atom is 0.336 e. The first-order valence-corrected chi connectivity index (χ1v) is 10.8. The summed E-state index contributed by atoms with van der Waals surface area (Å²) in [6.45, 7) is 2.47. The zero-order valence-corrected chi connectivity index (χ0v) is 18.0. The summed E-state index contributed by atoms with van der Waals surface area (Å²) in [5.74, 6) is -0.445. The van der Waals surface area contributed by atoms with Gasteiger partial charge in [0.25, 0.3) is 0 Å². The summed E-state index contributed by atoms with van der Waals surface area (Å²) >= 11 is 0. The summed E-state index contributed by atoms with van der Waals surface area (Å²) in [7, 11) is 1.35. The zero-order valence-electron chi connectivity index (χ0n) is 18.0. The summed E-state index contributed by atoms with van der Waals surface area (Å²) in [6, 6.07) is 12.2. The number of carbonyl (C=O) groups excluding carboxylic acids is 2. The van der Waals surface area contributed by atoms with E-state index in [9.17, 15) is 14.0 Å². The molecule has 1 aliphatic carbocycles. The van der Waals surface area contributed by atoms with Crippen molar-refractivity contribution in [2.45, 2.75) is 38.0 Å². The van der Waals surface area contributed by atoms with Gasteiger partial charge in [-0.05, 0) is 54.2 Å². The minimum atomic E-state index is -0.494. The first kappa shape index (κ1) is 20.5. The van der Waals surface area contributed by atoms with Crippen LogP contribution in [0.3, 0.4) is 0 Å². The number of carbonyl (C=O) groups is 2. The number of allylic oxidation sites excluding steroid dienone is 3. The molecule has 32 heavy (non-hydrogen) atoms. The van der Waals surface area contributed by atoms with Gasteiger partial charge in [-0.2, -0.15) is 0 Å². The van der Waals surface area contributed by atoms with E-state index in [0.29, 0.717) is 36.3 Å². The number of rotatable bonds is 3. The number of hydrogen-bond acceptors (Lipinski definition) is 5. The highest BCUT2D eigenvalue weighted by atomic mass is 19.1. The molecule has 0 bridgehead atoms. The van der Waals surface area contributed by atoms with Crippen LogP contribution >= 0.6 is 0 Å². The van der Waals surface area contributed by atoms with Gasteiger partial charge in [0.1, 0.15) is 11.6 Å². The third-order valence-electron chi connectivity index (χ3n) is 6.62. The van der Waals surface area contributed by atoms with E-state index in [1.165, 1.54) is 19.2 Å². The van der Waals surface area contributed by atoms with Gasteiger partial charge in [0, 0.05) is 35.7 Å². The van der Waals surface area contributed by atoms with E-state index in [2.05, 4.69) is 5.32 Å². The lowest BCUT2D eigenvalue weighted by atomic mass is 9.71. The molecule has 5 rings (SSSR count). The van der Waals surface area contributed by atoms with Crippen LogP contribution < -0.4 is 10.1 Å². The van der Waals surface area contributed by atoms with E-state index in [0.717, 1.165) is 34.6 Å². The number of halogens is 1. The third kappa shape index (κ3) is 3.40. The maximum atomic E-state index is 13.5. The average molecular weight is 433 g/mol. The molecule has 2 heterocycles. The highest BCUT2D eigenvalue weighted by molar-refractivity contribution is 6.04. The van der Waals surface area contributed by atoms with Crippen LogP contribution in [0.2, 0.25) is 0 Å². The molecule has 6 heteroatoms. The number of methoxy groups -OCH3 is 1. The number of esters is 1. The quantitative estimate of drug-likeness (QED) is 0.732. The topological polar surface area (TPSA) is 64.6 Å². The molecule has 0 saturated heterocycles. The predicted molar refractivity (Wildman–Crippen MR) is 117 cm³/mol. The molecule has 2 atom stereocenters. The Morgan fingerprint density at radius 2 is 1.88 bits per heavy atom. The maximum absolute atomic E-state index is 13.5. The Kier molecular flexibility index (Phi) is 5.08. The number of dihydropyridines is 1. The van der Waals surface area contributed by atoms with Crippen LogP contribution in [-0.4, -0.2) is 25.5 Å². The lowest BCUT2D eigenvalue weighted by Crippen LogP contribution is -2.36. The highest BCUT2D eigenvalue weighted by Gasteiger charge is 2.41. The fourth-order valence-corrected chi connectivity index (χ4v) is 5.11. The van der Waals surface area contributed by atoms with E-state index in [-0.39, 0.29) is 17.5 Å². The molecule has 2 unspecified atom stereocenters. The SMILES string of the molecule is COC(=O)C1=C(C)NC2=C(C(=O)CC(c3ccc(F)cc3)C2)C1c1ccc2c(c1)CCO2. The van der Waals surface area contributed by atoms with Crippen molar-refractivity contribution in [2.24, 2.45) is 0 Å². The first-order chi connectivity index (χ1) is 15.5.